The number of hydrogen-bond acceptors (Lipinski definition) is 5. The summed E-state index contributed by atoms with van der Waals surface area (Å²) in [5.41, 5.74) is 2.38. The third-order valence-corrected chi connectivity index (χ3v) is 5.21. The van der Waals surface area contributed by atoms with Gasteiger partial charge in [0.25, 0.3) is 0 Å². The van der Waals surface area contributed by atoms with Gasteiger partial charge in [-0.2, -0.15) is 5.10 Å². The molecule has 0 saturated carbocycles. The molecule has 2 aromatic heterocycles. The van der Waals surface area contributed by atoms with Crippen molar-refractivity contribution in [2.24, 2.45) is 0 Å². The van der Waals surface area contributed by atoms with Gasteiger partial charge in [0, 0.05) is 37.6 Å². The number of carbonyl (C=O) groups excluding carboxylic acids is 1. The molecule has 1 aromatic carbocycles. The van der Waals surface area contributed by atoms with Gasteiger partial charge in [-0.25, -0.2) is 13.9 Å². The van der Waals surface area contributed by atoms with E-state index in [2.05, 4.69) is 25.5 Å². The molecule has 0 aliphatic carbocycles. The van der Waals surface area contributed by atoms with Gasteiger partial charge in [-0.05, 0) is 50.2 Å². The van der Waals surface area contributed by atoms with Crippen LogP contribution in [0.25, 0.3) is 5.82 Å². The molecule has 3 aromatic rings. The molecule has 1 N–H and O–H groups in total. The minimum absolute atomic E-state index is 0.0277. The summed E-state index contributed by atoms with van der Waals surface area (Å²) in [7, 11) is 0. The highest BCUT2D eigenvalue weighted by Gasteiger charge is 2.22. The molecule has 30 heavy (non-hydrogen) atoms. The lowest BCUT2D eigenvalue weighted by Gasteiger charge is -2.35. The highest BCUT2D eigenvalue weighted by atomic mass is 35.5. The van der Waals surface area contributed by atoms with Crippen molar-refractivity contribution in [3.63, 3.8) is 0 Å². The number of halogens is 2. The monoisotopic (exact) mass is 429 g/mol. The molecule has 0 atom stereocenters. The van der Waals surface area contributed by atoms with Crippen LogP contribution in [0.4, 0.5) is 20.7 Å². The van der Waals surface area contributed by atoms with Gasteiger partial charge in [0.05, 0.1) is 10.7 Å². The summed E-state index contributed by atoms with van der Waals surface area (Å²) in [4.78, 5) is 16.2. The first-order chi connectivity index (χ1) is 14.4. The summed E-state index contributed by atoms with van der Waals surface area (Å²) in [6.45, 7) is 6.23. The van der Waals surface area contributed by atoms with Crippen LogP contribution < -0.4 is 10.2 Å². The van der Waals surface area contributed by atoms with Gasteiger partial charge in [-0.3, -0.25) is 0 Å². The maximum Gasteiger partial charge on any atom is 0.321 e. The van der Waals surface area contributed by atoms with Crippen molar-refractivity contribution in [2.75, 3.05) is 36.4 Å². The molecule has 1 saturated heterocycles. The number of hydrogen-bond donors (Lipinski definition) is 1. The first-order valence-electron chi connectivity index (χ1n) is 9.54. The highest BCUT2D eigenvalue weighted by Crippen LogP contribution is 2.20. The van der Waals surface area contributed by atoms with E-state index in [1.165, 1.54) is 18.2 Å². The van der Waals surface area contributed by atoms with Crippen LogP contribution in [0.2, 0.25) is 5.02 Å². The lowest BCUT2D eigenvalue weighted by Crippen LogP contribution is -2.50. The lowest BCUT2D eigenvalue weighted by atomic mass is 10.3. The van der Waals surface area contributed by atoms with E-state index >= 15 is 0 Å². The van der Waals surface area contributed by atoms with Crippen LogP contribution in [0.3, 0.4) is 0 Å². The van der Waals surface area contributed by atoms with E-state index in [0.717, 1.165) is 17.2 Å². The van der Waals surface area contributed by atoms with Gasteiger partial charge in [-0.15, -0.1) is 10.2 Å². The van der Waals surface area contributed by atoms with Gasteiger partial charge >= 0.3 is 6.03 Å². The van der Waals surface area contributed by atoms with Gasteiger partial charge in [0.1, 0.15) is 5.82 Å². The standard InChI is InChI=1S/C20H21ClFN7O/c1-13-11-14(2)29(26-13)19-6-5-18(24-25-19)27-7-9-28(10-8-27)20(30)23-15-3-4-17(22)16(21)12-15/h3-6,11-12H,7-10H2,1-2H3,(H,23,30). The fraction of sp³-hybridized carbons (Fsp3) is 0.300. The maximum atomic E-state index is 13.3. The highest BCUT2D eigenvalue weighted by molar-refractivity contribution is 6.31. The predicted octanol–water partition coefficient (Wildman–Crippen LogP) is 3.43. The largest absolute Gasteiger partial charge is 0.352 e. The topological polar surface area (TPSA) is 79.2 Å². The molecule has 4 rings (SSSR count). The van der Waals surface area contributed by atoms with E-state index in [1.54, 1.807) is 9.58 Å². The normalized spacial score (nSPS) is 14.1. The van der Waals surface area contributed by atoms with Crippen LogP contribution in [0.15, 0.2) is 36.4 Å². The molecule has 10 heteroatoms. The van der Waals surface area contributed by atoms with Crippen molar-refractivity contribution in [3.8, 4) is 5.82 Å². The summed E-state index contributed by atoms with van der Waals surface area (Å²) in [5, 5.41) is 15.8. The van der Waals surface area contributed by atoms with Crippen LogP contribution in [-0.2, 0) is 0 Å². The Bertz CT molecular complexity index is 1060. The van der Waals surface area contributed by atoms with E-state index in [0.29, 0.717) is 37.7 Å². The van der Waals surface area contributed by atoms with Gasteiger partial charge in [-0.1, -0.05) is 11.6 Å². The molecule has 0 radical (unpaired) electrons. The molecule has 3 heterocycles. The number of piperazine rings is 1. The summed E-state index contributed by atoms with van der Waals surface area (Å²) in [6.07, 6.45) is 0. The molecule has 0 spiro atoms. The van der Waals surface area contributed by atoms with Gasteiger partial charge in [0.15, 0.2) is 11.6 Å². The molecule has 1 aliphatic heterocycles. The summed E-state index contributed by atoms with van der Waals surface area (Å²) in [6, 6.07) is 9.64. The van der Waals surface area contributed by atoms with Crippen molar-refractivity contribution in [1.29, 1.82) is 0 Å². The maximum absolute atomic E-state index is 13.3. The fourth-order valence-corrected chi connectivity index (χ4v) is 3.56. The second-order valence-corrected chi connectivity index (χ2v) is 7.53. The van der Waals surface area contributed by atoms with Gasteiger partial charge < -0.3 is 15.1 Å². The zero-order valence-electron chi connectivity index (χ0n) is 16.6. The minimum atomic E-state index is -0.520. The van der Waals surface area contributed by atoms with E-state index in [-0.39, 0.29) is 11.1 Å². The third-order valence-electron chi connectivity index (χ3n) is 4.92. The fourth-order valence-electron chi connectivity index (χ4n) is 3.38. The van der Waals surface area contributed by atoms with E-state index < -0.39 is 5.82 Å². The van der Waals surface area contributed by atoms with Crippen LogP contribution in [0.1, 0.15) is 11.4 Å². The number of aromatic nitrogens is 4. The van der Waals surface area contributed by atoms with Crippen molar-refractivity contribution in [3.05, 3.63) is 58.6 Å². The molecular formula is C20H21ClFN7O. The molecule has 1 fully saturated rings. The molecule has 0 unspecified atom stereocenters. The lowest BCUT2D eigenvalue weighted by molar-refractivity contribution is 0.208. The van der Waals surface area contributed by atoms with E-state index in [1.807, 2.05) is 32.0 Å². The number of urea groups is 1. The van der Waals surface area contributed by atoms with Crippen LogP contribution >= 0.6 is 11.6 Å². The van der Waals surface area contributed by atoms with Crippen LogP contribution in [-0.4, -0.2) is 57.1 Å². The van der Waals surface area contributed by atoms with Crippen molar-refractivity contribution in [2.45, 2.75) is 13.8 Å². The zero-order valence-corrected chi connectivity index (χ0v) is 17.4. The minimum Gasteiger partial charge on any atom is -0.352 e. The first kappa shape index (κ1) is 20.1. The number of amides is 2. The quantitative estimate of drug-likeness (QED) is 0.690. The second-order valence-electron chi connectivity index (χ2n) is 7.12. The Kier molecular flexibility index (Phi) is 5.54. The average molecular weight is 430 g/mol. The molecule has 2 amide bonds. The molecule has 0 bridgehead atoms. The smallest absolute Gasteiger partial charge is 0.321 e. The molecule has 1 aliphatic rings. The van der Waals surface area contributed by atoms with Crippen molar-refractivity contribution < 1.29 is 9.18 Å². The Labute approximate surface area is 178 Å². The summed E-state index contributed by atoms with van der Waals surface area (Å²) >= 11 is 5.77. The average Bonchev–Trinajstić information content (AvgIpc) is 3.09. The SMILES string of the molecule is Cc1cc(C)n(-c2ccc(N3CCN(C(=O)Nc4ccc(F)c(Cl)c4)CC3)nn2)n1. The number of rotatable bonds is 3. The number of anilines is 2. The van der Waals surface area contributed by atoms with Gasteiger partial charge in [0.2, 0.25) is 0 Å². The predicted molar refractivity (Wildman–Crippen MR) is 113 cm³/mol. The van der Waals surface area contributed by atoms with E-state index in [4.69, 9.17) is 11.6 Å². The van der Waals surface area contributed by atoms with Crippen LogP contribution in [0, 0.1) is 19.7 Å². The number of carbonyl (C=O) groups is 1. The third kappa shape index (κ3) is 4.20. The molecule has 8 nitrogen and oxygen atoms in total. The Morgan fingerprint density at radius 3 is 2.33 bits per heavy atom. The number of nitrogens with zero attached hydrogens (tertiary/aromatic N) is 6. The Morgan fingerprint density at radius 2 is 1.73 bits per heavy atom. The number of aryl methyl sites for hydroxylation is 2. The first-order valence-corrected chi connectivity index (χ1v) is 9.92. The summed E-state index contributed by atoms with van der Waals surface area (Å²) in [5.74, 6) is 0.902. The number of benzene rings is 1. The van der Waals surface area contributed by atoms with Crippen molar-refractivity contribution >= 4 is 29.1 Å². The molecular weight excluding hydrogens is 409 g/mol. The number of nitrogens with one attached hydrogen (secondary N) is 1. The Balaban J connectivity index is 1.35. The van der Waals surface area contributed by atoms with Crippen LogP contribution in [0.5, 0.6) is 0 Å². The summed E-state index contributed by atoms with van der Waals surface area (Å²) < 4.78 is 15.0. The van der Waals surface area contributed by atoms with E-state index in [9.17, 15) is 9.18 Å². The van der Waals surface area contributed by atoms with Crippen molar-refractivity contribution in [1.82, 2.24) is 24.9 Å². The Hall–Kier alpha value is -3.20. The zero-order chi connectivity index (χ0) is 21.3. The second kappa shape index (κ2) is 8.27. The Morgan fingerprint density at radius 1 is 1.03 bits per heavy atom. The molecule has 156 valence electrons.